The summed E-state index contributed by atoms with van der Waals surface area (Å²) < 4.78 is 50.4. The van der Waals surface area contributed by atoms with Crippen LogP contribution in [0.25, 0.3) is 27.8 Å². The van der Waals surface area contributed by atoms with Crippen molar-refractivity contribution in [2.45, 2.75) is 104 Å². The first kappa shape index (κ1) is 32.4. The Balaban J connectivity index is 1.19. The van der Waals surface area contributed by atoms with E-state index in [1.54, 1.807) is 24.3 Å². The lowest BCUT2D eigenvalue weighted by Gasteiger charge is -2.35. The monoisotopic (exact) mass is 602 g/mol. The van der Waals surface area contributed by atoms with Gasteiger partial charge in [0.15, 0.2) is 11.6 Å². The molecule has 3 aromatic carbocycles. The minimum atomic E-state index is -0.964. The van der Waals surface area contributed by atoms with Gasteiger partial charge in [-0.05, 0) is 96.7 Å². The van der Waals surface area contributed by atoms with Crippen molar-refractivity contribution in [2.24, 2.45) is 17.8 Å². The SMILES string of the molecule is CCCCCOc1ccc(-c2ccc(-c3ccc(C4=CCC(C5CCC(CCCCC)CC5)CC4)c(F)c3)cc2)c(F)c1F. The third-order valence-electron chi connectivity index (χ3n) is 10.1. The Labute approximate surface area is 262 Å². The second-order valence-corrected chi connectivity index (χ2v) is 13.1. The molecule has 0 spiro atoms. The van der Waals surface area contributed by atoms with Gasteiger partial charge in [-0.15, -0.1) is 0 Å². The predicted octanol–water partition coefficient (Wildman–Crippen LogP) is 12.6. The molecular formula is C40H49F3O. The predicted molar refractivity (Wildman–Crippen MR) is 177 cm³/mol. The first-order chi connectivity index (χ1) is 21.5. The third kappa shape index (κ3) is 7.98. The number of benzene rings is 3. The molecular weight excluding hydrogens is 553 g/mol. The number of unbranched alkanes of at least 4 members (excludes halogenated alkanes) is 4. The van der Waals surface area contributed by atoms with Crippen LogP contribution in [0.5, 0.6) is 5.75 Å². The van der Waals surface area contributed by atoms with Crippen molar-refractivity contribution >= 4 is 5.57 Å². The molecule has 0 bridgehead atoms. The van der Waals surface area contributed by atoms with Gasteiger partial charge in [0.1, 0.15) is 5.82 Å². The number of allylic oxidation sites excluding steroid dienone is 2. The van der Waals surface area contributed by atoms with E-state index < -0.39 is 11.6 Å². The summed E-state index contributed by atoms with van der Waals surface area (Å²) in [5.41, 5.74) is 4.18. The van der Waals surface area contributed by atoms with E-state index in [2.05, 4.69) is 19.9 Å². The first-order valence-corrected chi connectivity index (χ1v) is 17.2. The minimum Gasteiger partial charge on any atom is -0.490 e. The number of rotatable bonds is 13. The maximum Gasteiger partial charge on any atom is 0.201 e. The first-order valence-electron chi connectivity index (χ1n) is 17.2. The van der Waals surface area contributed by atoms with Gasteiger partial charge in [-0.3, -0.25) is 0 Å². The average Bonchev–Trinajstić information content (AvgIpc) is 3.06. The Morgan fingerprint density at radius 1 is 0.659 bits per heavy atom. The van der Waals surface area contributed by atoms with Crippen molar-refractivity contribution in [3.8, 4) is 28.0 Å². The molecule has 0 saturated heterocycles. The Morgan fingerprint density at radius 3 is 2.02 bits per heavy atom. The molecule has 0 radical (unpaired) electrons. The number of halogens is 3. The van der Waals surface area contributed by atoms with Crippen LogP contribution in [-0.4, -0.2) is 6.61 Å². The largest absolute Gasteiger partial charge is 0.490 e. The van der Waals surface area contributed by atoms with Crippen LogP contribution in [-0.2, 0) is 0 Å². The van der Waals surface area contributed by atoms with E-state index in [1.807, 2.05) is 24.3 Å². The van der Waals surface area contributed by atoms with E-state index in [0.29, 0.717) is 17.7 Å². The molecule has 0 aromatic heterocycles. The molecule has 1 fully saturated rings. The highest BCUT2D eigenvalue weighted by atomic mass is 19.2. The van der Waals surface area contributed by atoms with Gasteiger partial charge in [0, 0.05) is 11.1 Å². The van der Waals surface area contributed by atoms with Crippen molar-refractivity contribution in [1.29, 1.82) is 0 Å². The molecule has 3 aromatic rings. The van der Waals surface area contributed by atoms with Gasteiger partial charge in [-0.25, -0.2) is 8.78 Å². The van der Waals surface area contributed by atoms with Gasteiger partial charge in [0.2, 0.25) is 5.82 Å². The second kappa shape index (κ2) is 15.8. The molecule has 5 rings (SSSR count). The highest BCUT2D eigenvalue weighted by molar-refractivity contribution is 5.74. The smallest absolute Gasteiger partial charge is 0.201 e. The lowest BCUT2D eigenvalue weighted by atomic mass is 9.70. The fourth-order valence-electron chi connectivity index (χ4n) is 7.36. The Morgan fingerprint density at radius 2 is 1.34 bits per heavy atom. The molecule has 44 heavy (non-hydrogen) atoms. The van der Waals surface area contributed by atoms with E-state index in [4.69, 9.17) is 4.74 Å². The van der Waals surface area contributed by atoms with E-state index >= 15 is 4.39 Å². The number of hydrogen-bond donors (Lipinski definition) is 0. The summed E-state index contributed by atoms with van der Waals surface area (Å²) in [6, 6.07) is 15.7. The maximum absolute atomic E-state index is 15.4. The fraction of sp³-hybridized carbons (Fsp3) is 0.500. The summed E-state index contributed by atoms with van der Waals surface area (Å²) in [5, 5.41) is 0. The fourth-order valence-corrected chi connectivity index (χ4v) is 7.36. The van der Waals surface area contributed by atoms with Gasteiger partial charge in [0.25, 0.3) is 0 Å². The standard InChI is InChI=1S/C40H49F3O/c1-3-5-7-9-28-10-12-29(13-11-28)30-14-18-32(19-15-30)35-23-22-34(27-37(35)41)31-16-20-33(21-17-31)36-24-25-38(40(43)39(36)42)44-26-8-6-4-2/h16-18,20-25,27-30H,3-15,19,26H2,1-2H3. The van der Waals surface area contributed by atoms with E-state index in [0.717, 1.165) is 73.0 Å². The van der Waals surface area contributed by atoms with Crippen molar-refractivity contribution in [3.05, 3.63) is 83.7 Å². The van der Waals surface area contributed by atoms with Crippen molar-refractivity contribution in [2.75, 3.05) is 6.61 Å². The van der Waals surface area contributed by atoms with Crippen LogP contribution in [0.4, 0.5) is 13.2 Å². The van der Waals surface area contributed by atoms with Crippen molar-refractivity contribution in [3.63, 3.8) is 0 Å². The van der Waals surface area contributed by atoms with Crippen LogP contribution in [0.1, 0.15) is 109 Å². The van der Waals surface area contributed by atoms with Gasteiger partial charge < -0.3 is 4.74 Å². The minimum absolute atomic E-state index is 0.0570. The van der Waals surface area contributed by atoms with Gasteiger partial charge in [-0.1, -0.05) is 108 Å². The van der Waals surface area contributed by atoms with E-state index in [1.165, 1.54) is 57.4 Å². The molecule has 1 saturated carbocycles. The molecule has 2 aliphatic rings. The van der Waals surface area contributed by atoms with Crippen molar-refractivity contribution in [1.82, 2.24) is 0 Å². The van der Waals surface area contributed by atoms with Crippen LogP contribution in [0.2, 0.25) is 0 Å². The van der Waals surface area contributed by atoms with E-state index in [-0.39, 0.29) is 17.1 Å². The maximum atomic E-state index is 15.4. The van der Waals surface area contributed by atoms with Crippen LogP contribution in [0.15, 0.2) is 60.7 Å². The average molecular weight is 603 g/mol. The van der Waals surface area contributed by atoms with E-state index in [9.17, 15) is 8.78 Å². The zero-order valence-corrected chi connectivity index (χ0v) is 26.7. The van der Waals surface area contributed by atoms with Gasteiger partial charge >= 0.3 is 0 Å². The van der Waals surface area contributed by atoms with Crippen LogP contribution in [0, 0.1) is 35.2 Å². The second-order valence-electron chi connectivity index (χ2n) is 13.1. The molecule has 236 valence electrons. The Bertz CT molecular complexity index is 1380. The molecule has 0 heterocycles. The number of hydrogen-bond acceptors (Lipinski definition) is 1. The van der Waals surface area contributed by atoms with Crippen LogP contribution < -0.4 is 4.74 Å². The summed E-state index contributed by atoms with van der Waals surface area (Å²) in [5.74, 6) is 0.367. The molecule has 4 heteroatoms. The normalized spacial score (nSPS) is 20.4. The Hall–Kier alpha value is -3.01. The summed E-state index contributed by atoms with van der Waals surface area (Å²) in [4.78, 5) is 0. The molecule has 1 atom stereocenters. The molecule has 2 aliphatic carbocycles. The molecule has 0 N–H and O–H groups in total. The summed E-state index contributed by atoms with van der Waals surface area (Å²) in [7, 11) is 0. The molecule has 1 nitrogen and oxygen atoms in total. The highest BCUT2D eigenvalue weighted by Gasteiger charge is 2.29. The number of ether oxygens (including phenoxy) is 1. The lowest BCUT2D eigenvalue weighted by Crippen LogP contribution is -2.23. The zero-order chi connectivity index (χ0) is 30.9. The van der Waals surface area contributed by atoms with Crippen molar-refractivity contribution < 1.29 is 17.9 Å². The molecule has 1 unspecified atom stereocenters. The van der Waals surface area contributed by atoms with Gasteiger partial charge in [0.05, 0.1) is 6.61 Å². The topological polar surface area (TPSA) is 9.23 Å². The highest BCUT2D eigenvalue weighted by Crippen LogP contribution is 2.43. The molecule has 0 amide bonds. The molecule has 0 aliphatic heterocycles. The quantitative estimate of drug-likeness (QED) is 0.177. The van der Waals surface area contributed by atoms with Gasteiger partial charge in [-0.2, -0.15) is 4.39 Å². The van der Waals surface area contributed by atoms with Crippen LogP contribution in [0.3, 0.4) is 0 Å². The Kier molecular flexibility index (Phi) is 11.6. The summed E-state index contributed by atoms with van der Waals surface area (Å²) in [6.07, 6.45) is 19.3. The van der Waals surface area contributed by atoms with Crippen LogP contribution >= 0.6 is 0 Å². The lowest BCUT2D eigenvalue weighted by molar-refractivity contribution is 0.187. The third-order valence-corrected chi connectivity index (χ3v) is 10.1. The summed E-state index contributed by atoms with van der Waals surface area (Å²) >= 11 is 0. The zero-order valence-electron chi connectivity index (χ0n) is 26.7. The summed E-state index contributed by atoms with van der Waals surface area (Å²) in [6.45, 7) is 4.73.